The summed E-state index contributed by atoms with van der Waals surface area (Å²) in [6.07, 6.45) is 4.49. The summed E-state index contributed by atoms with van der Waals surface area (Å²) in [7, 11) is 0. The zero-order chi connectivity index (χ0) is 12.5. The van der Waals surface area contributed by atoms with Crippen LogP contribution in [0.5, 0.6) is 0 Å². The van der Waals surface area contributed by atoms with E-state index in [-0.39, 0.29) is 5.41 Å². The standard InChI is InChI=1S/C14H26N2O/c1-11-5-8-16(12(2)9-11)13(17)14(3)6-4-7-15-10-14/h11-12,15H,4-10H2,1-3H3. The zero-order valence-corrected chi connectivity index (χ0v) is 11.5. The first-order chi connectivity index (χ1) is 8.03. The largest absolute Gasteiger partial charge is 0.339 e. The fourth-order valence-corrected chi connectivity index (χ4v) is 3.29. The van der Waals surface area contributed by atoms with Gasteiger partial charge in [0.05, 0.1) is 5.41 Å². The molecule has 2 heterocycles. The highest BCUT2D eigenvalue weighted by Crippen LogP contribution is 2.32. The van der Waals surface area contributed by atoms with Crippen LogP contribution in [0, 0.1) is 11.3 Å². The quantitative estimate of drug-likeness (QED) is 0.758. The Labute approximate surface area is 105 Å². The summed E-state index contributed by atoms with van der Waals surface area (Å²) in [6.45, 7) is 9.50. The van der Waals surface area contributed by atoms with Crippen molar-refractivity contribution < 1.29 is 4.79 Å². The third-order valence-corrected chi connectivity index (χ3v) is 4.51. The number of carbonyl (C=O) groups excluding carboxylic acids is 1. The van der Waals surface area contributed by atoms with Gasteiger partial charge in [0.2, 0.25) is 5.91 Å². The molecule has 98 valence electrons. The number of rotatable bonds is 1. The minimum Gasteiger partial charge on any atom is -0.339 e. The molecule has 0 aromatic rings. The van der Waals surface area contributed by atoms with Gasteiger partial charge in [-0.05, 0) is 52.0 Å². The van der Waals surface area contributed by atoms with Crippen molar-refractivity contribution in [1.82, 2.24) is 10.2 Å². The number of piperidine rings is 2. The highest BCUT2D eigenvalue weighted by atomic mass is 16.2. The maximum atomic E-state index is 12.7. The van der Waals surface area contributed by atoms with E-state index in [2.05, 4.69) is 31.0 Å². The van der Waals surface area contributed by atoms with Crippen molar-refractivity contribution in [3.8, 4) is 0 Å². The molecule has 2 aliphatic heterocycles. The molecule has 0 aliphatic carbocycles. The summed E-state index contributed by atoms with van der Waals surface area (Å²) < 4.78 is 0. The zero-order valence-electron chi connectivity index (χ0n) is 11.5. The van der Waals surface area contributed by atoms with Crippen LogP contribution in [-0.2, 0) is 4.79 Å². The lowest BCUT2D eigenvalue weighted by molar-refractivity contribution is -0.146. The Morgan fingerprint density at radius 3 is 2.76 bits per heavy atom. The Morgan fingerprint density at radius 1 is 1.41 bits per heavy atom. The summed E-state index contributed by atoms with van der Waals surface area (Å²) in [5, 5.41) is 3.37. The number of carbonyl (C=O) groups is 1. The minimum atomic E-state index is -0.160. The van der Waals surface area contributed by atoms with Gasteiger partial charge in [0, 0.05) is 19.1 Å². The van der Waals surface area contributed by atoms with Crippen LogP contribution in [0.3, 0.4) is 0 Å². The fourth-order valence-electron chi connectivity index (χ4n) is 3.29. The number of nitrogens with one attached hydrogen (secondary N) is 1. The first-order valence-corrected chi connectivity index (χ1v) is 7.05. The Balaban J connectivity index is 2.03. The molecule has 3 unspecified atom stereocenters. The van der Waals surface area contributed by atoms with Crippen LogP contribution in [0.25, 0.3) is 0 Å². The summed E-state index contributed by atoms with van der Waals surface area (Å²) in [4.78, 5) is 14.8. The number of nitrogens with zero attached hydrogens (tertiary/aromatic N) is 1. The second-order valence-corrected chi connectivity index (χ2v) is 6.32. The van der Waals surface area contributed by atoms with E-state index in [1.165, 1.54) is 6.42 Å². The second-order valence-electron chi connectivity index (χ2n) is 6.32. The Kier molecular flexibility index (Phi) is 3.76. The summed E-state index contributed by atoms with van der Waals surface area (Å²) in [5.41, 5.74) is -0.160. The van der Waals surface area contributed by atoms with Crippen LogP contribution in [0.15, 0.2) is 0 Å². The van der Waals surface area contributed by atoms with Crippen LogP contribution in [0.2, 0.25) is 0 Å². The van der Waals surface area contributed by atoms with Crippen molar-refractivity contribution in [2.24, 2.45) is 11.3 Å². The molecule has 2 saturated heterocycles. The van der Waals surface area contributed by atoms with Gasteiger partial charge in [-0.15, -0.1) is 0 Å². The maximum Gasteiger partial charge on any atom is 0.230 e. The van der Waals surface area contributed by atoms with Gasteiger partial charge < -0.3 is 10.2 Å². The van der Waals surface area contributed by atoms with Crippen molar-refractivity contribution in [3.05, 3.63) is 0 Å². The molecule has 1 N–H and O–H groups in total. The SMILES string of the molecule is CC1CCN(C(=O)C2(C)CCCNC2)C(C)C1. The number of hydrogen-bond donors (Lipinski definition) is 1. The lowest BCUT2D eigenvalue weighted by Crippen LogP contribution is -2.54. The van der Waals surface area contributed by atoms with Gasteiger partial charge >= 0.3 is 0 Å². The van der Waals surface area contributed by atoms with Crippen LogP contribution in [0.4, 0.5) is 0 Å². The average molecular weight is 238 g/mol. The van der Waals surface area contributed by atoms with E-state index >= 15 is 0 Å². The lowest BCUT2D eigenvalue weighted by atomic mass is 9.80. The van der Waals surface area contributed by atoms with E-state index in [0.717, 1.165) is 44.8 Å². The summed E-state index contributed by atoms with van der Waals surface area (Å²) in [5.74, 6) is 1.15. The molecular formula is C14H26N2O. The van der Waals surface area contributed by atoms with Crippen molar-refractivity contribution in [3.63, 3.8) is 0 Å². The van der Waals surface area contributed by atoms with Crippen molar-refractivity contribution >= 4 is 5.91 Å². The Bertz CT molecular complexity index is 284. The highest BCUT2D eigenvalue weighted by Gasteiger charge is 2.40. The van der Waals surface area contributed by atoms with E-state index in [0.29, 0.717) is 11.9 Å². The number of hydrogen-bond acceptors (Lipinski definition) is 2. The molecule has 17 heavy (non-hydrogen) atoms. The van der Waals surface area contributed by atoms with Gasteiger partial charge in [-0.2, -0.15) is 0 Å². The molecule has 0 aromatic heterocycles. The molecular weight excluding hydrogens is 212 g/mol. The monoisotopic (exact) mass is 238 g/mol. The van der Waals surface area contributed by atoms with Gasteiger partial charge in [-0.3, -0.25) is 4.79 Å². The van der Waals surface area contributed by atoms with E-state index in [1.54, 1.807) is 0 Å². The Morgan fingerprint density at radius 2 is 2.18 bits per heavy atom. The topological polar surface area (TPSA) is 32.3 Å². The molecule has 3 atom stereocenters. The van der Waals surface area contributed by atoms with E-state index in [1.807, 2.05) is 0 Å². The van der Waals surface area contributed by atoms with Gasteiger partial charge in [0.1, 0.15) is 0 Å². The molecule has 2 rings (SSSR count). The van der Waals surface area contributed by atoms with Gasteiger partial charge in [0.15, 0.2) is 0 Å². The number of likely N-dealkylation sites (tertiary alicyclic amines) is 1. The molecule has 1 amide bonds. The molecule has 3 heteroatoms. The summed E-state index contributed by atoms with van der Waals surface area (Å²) >= 11 is 0. The Hall–Kier alpha value is -0.570. The van der Waals surface area contributed by atoms with Crippen LogP contribution in [0.1, 0.15) is 46.5 Å². The molecule has 0 saturated carbocycles. The second kappa shape index (κ2) is 4.97. The van der Waals surface area contributed by atoms with E-state index < -0.39 is 0 Å². The van der Waals surface area contributed by atoms with Crippen molar-refractivity contribution in [2.75, 3.05) is 19.6 Å². The van der Waals surface area contributed by atoms with Crippen LogP contribution < -0.4 is 5.32 Å². The van der Waals surface area contributed by atoms with E-state index in [9.17, 15) is 4.79 Å². The van der Waals surface area contributed by atoms with Gasteiger partial charge in [0.25, 0.3) is 0 Å². The number of amides is 1. The van der Waals surface area contributed by atoms with E-state index in [4.69, 9.17) is 0 Å². The van der Waals surface area contributed by atoms with Crippen LogP contribution in [-0.4, -0.2) is 36.5 Å². The lowest BCUT2D eigenvalue weighted by Gasteiger charge is -2.43. The molecule has 0 aromatic carbocycles. The molecule has 3 nitrogen and oxygen atoms in total. The maximum absolute atomic E-state index is 12.7. The van der Waals surface area contributed by atoms with Crippen molar-refractivity contribution in [2.45, 2.75) is 52.5 Å². The smallest absolute Gasteiger partial charge is 0.230 e. The molecule has 2 fully saturated rings. The predicted octanol–water partition coefficient (Wildman–Crippen LogP) is 2.02. The molecule has 0 bridgehead atoms. The third-order valence-electron chi connectivity index (χ3n) is 4.51. The first-order valence-electron chi connectivity index (χ1n) is 7.05. The average Bonchev–Trinajstić information content (AvgIpc) is 2.29. The first kappa shape index (κ1) is 12.9. The fraction of sp³-hybridized carbons (Fsp3) is 0.929. The highest BCUT2D eigenvalue weighted by molar-refractivity contribution is 5.83. The molecule has 0 radical (unpaired) electrons. The molecule has 2 aliphatic rings. The van der Waals surface area contributed by atoms with Gasteiger partial charge in [-0.25, -0.2) is 0 Å². The summed E-state index contributed by atoms with van der Waals surface area (Å²) in [6, 6.07) is 0.421. The third kappa shape index (κ3) is 2.65. The normalized spacial score (nSPS) is 39.1. The predicted molar refractivity (Wildman–Crippen MR) is 69.8 cm³/mol. The van der Waals surface area contributed by atoms with Crippen LogP contribution >= 0.6 is 0 Å². The van der Waals surface area contributed by atoms with Gasteiger partial charge in [-0.1, -0.05) is 6.92 Å². The molecule has 0 spiro atoms. The minimum absolute atomic E-state index is 0.160. The van der Waals surface area contributed by atoms with Crippen molar-refractivity contribution in [1.29, 1.82) is 0 Å².